The van der Waals surface area contributed by atoms with E-state index in [0.717, 1.165) is 58.7 Å². The molecule has 12 heteroatoms. The number of nitrogens with one attached hydrogen (secondary N) is 5. The average Bonchev–Trinajstić information content (AvgIpc) is 3.80. The molecule has 0 bridgehead atoms. The number of rotatable bonds is 15. The zero-order valence-corrected chi connectivity index (χ0v) is 30.6. The van der Waals surface area contributed by atoms with Crippen molar-refractivity contribution < 1.29 is 19.1 Å². The minimum Gasteiger partial charge on any atom is -0.453 e. The SMILES string of the molecule is CCC(NC(=O)OC)C(=O)NC(C)c1ncc(-c2ccc(C#Cc3ccc(-c4cnc(CCCCNC(=O)C(C(C)C)N(C)C)[nH]4)cc3)cc2)[nH]1. The maximum Gasteiger partial charge on any atom is 0.407 e. The Labute approximate surface area is 300 Å². The second kappa shape index (κ2) is 18.5. The number of ether oxygens (including phenoxy) is 1. The molecule has 4 aromatic rings. The molecule has 2 aromatic carbocycles. The minimum atomic E-state index is -0.702. The van der Waals surface area contributed by atoms with Gasteiger partial charge in [0.2, 0.25) is 11.8 Å². The van der Waals surface area contributed by atoms with E-state index in [-0.39, 0.29) is 23.8 Å². The van der Waals surface area contributed by atoms with E-state index in [1.165, 1.54) is 7.11 Å². The fourth-order valence-electron chi connectivity index (χ4n) is 5.75. The third kappa shape index (κ3) is 11.0. The number of hydrogen-bond donors (Lipinski definition) is 5. The van der Waals surface area contributed by atoms with Gasteiger partial charge in [-0.2, -0.15) is 0 Å². The number of nitrogens with zero attached hydrogens (tertiary/aromatic N) is 3. The normalized spacial score (nSPS) is 12.8. The quantitative estimate of drug-likeness (QED) is 0.0846. The zero-order chi connectivity index (χ0) is 36.9. The summed E-state index contributed by atoms with van der Waals surface area (Å²) in [6.07, 6.45) is 5.98. The van der Waals surface area contributed by atoms with Crippen LogP contribution in [0.15, 0.2) is 60.9 Å². The molecule has 0 radical (unpaired) electrons. The first-order valence-corrected chi connectivity index (χ1v) is 17.4. The van der Waals surface area contributed by atoms with E-state index >= 15 is 0 Å². The average molecular weight is 695 g/mol. The summed E-state index contributed by atoms with van der Waals surface area (Å²) in [6, 6.07) is 14.7. The molecule has 3 amide bonds. The number of aryl methyl sites for hydroxylation is 1. The van der Waals surface area contributed by atoms with Crippen molar-refractivity contribution >= 4 is 17.9 Å². The smallest absolute Gasteiger partial charge is 0.407 e. The number of hydrogen-bond acceptors (Lipinski definition) is 7. The van der Waals surface area contributed by atoms with Crippen LogP contribution in [0, 0.1) is 17.8 Å². The Morgan fingerprint density at radius 2 is 1.41 bits per heavy atom. The summed E-state index contributed by atoms with van der Waals surface area (Å²) < 4.78 is 4.60. The molecule has 2 aromatic heterocycles. The Kier molecular flexibility index (Phi) is 14.0. The summed E-state index contributed by atoms with van der Waals surface area (Å²) in [7, 11) is 5.13. The van der Waals surface area contributed by atoms with Crippen LogP contribution >= 0.6 is 0 Å². The van der Waals surface area contributed by atoms with Crippen LogP contribution in [0.5, 0.6) is 0 Å². The number of amides is 3. The number of H-pyrrole nitrogens is 2. The highest BCUT2D eigenvalue weighted by Crippen LogP contribution is 2.21. The number of aromatic amines is 2. The molecule has 3 unspecified atom stereocenters. The van der Waals surface area contributed by atoms with Crippen LogP contribution in [0.4, 0.5) is 4.79 Å². The molecule has 0 fully saturated rings. The molecule has 0 aliphatic rings. The van der Waals surface area contributed by atoms with E-state index < -0.39 is 18.2 Å². The van der Waals surface area contributed by atoms with Gasteiger partial charge >= 0.3 is 6.09 Å². The highest BCUT2D eigenvalue weighted by Gasteiger charge is 2.24. The monoisotopic (exact) mass is 694 g/mol. The standard InChI is InChI=1S/C39H50N8O4/c1-8-31(46-39(50)51-7)37(48)43-26(4)36-42-24-33(45-36)30-20-16-28(17-21-30)13-12-27-14-18-29(19-15-27)32-23-41-34(44-32)11-9-10-22-40-38(49)35(25(2)3)47(5)6/h14-21,23-26,31,35H,8-11,22H2,1-7H3,(H,40,49)(H,41,44)(H,42,45)(H,43,48)(H,46,50). The van der Waals surface area contributed by atoms with Crippen molar-refractivity contribution in [1.82, 2.24) is 40.8 Å². The fraction of sp³-hybridized carbons (Fsp3) is 0.410. The van der Waals surface area contributed by atoms with Crippen molar-refractivity contribution in [3.63, 3.8) is 0 Å². The largest absolute Gasteiger partial charge is 0.453 e. The van der Waals surface area contributed by atoms with Crippen LogP contribution in [0.3, 0.4) is 0 Å². The second-order valence-corrected chi connectivity index (χ2v) is 13.1. The van der Waals surface area contributed by atoms with Gasteiger partial charge in [0, 0.05) is 24.1 Å². The molecule has 0 spiro atoms. The Bertz CT molecular complexity index is 1790. The molecule has 2 heterocycles. The van der Waals surface area contributed by atoms with E-state index in [2.05, 4.69) is 66.3 Å². The van der Waals surface area contributed by atoms with E-state index in [1.807, 2.05) is 87.6 Å². The molecule has 270 valence electrons. The lowest BCUT2D eigenvalue weighted by atomic mass is 10.0. The third-order valence-corrected chi connectivity index (χ3v) is 8.53. The van der Waals surface area contributed by atoms with Crippen molar-refractivity contribution in [1.29, 1.82) is 0 Å². The first-order chi connectivity index (χ1) is 24.5. The lowest BCUT2D eigenvalue weighted by Crippen LogP contribution is -2.47. The highest BCUT2D eigenvalue weighted by atomic mass is 16.5. The number of likely N-dealkylation sites (N-methyl/N-ethyl adjacent to an activating group) is 1. The van der Waals surface area contributed by atoms with Crippen LogP contribution in [-0.2, 0) is 20.7 Å². The number of carbonyl (C=O) groups excluding carboxylic acids is 3. The lowest BCUT2D eigenvalue weighted by molar-refractivity contribution is -0.127. The molecule has 0 saturated heterocycles. The summed E-state index contributed by atoms with van der Waals surface area (Å²) >= 11 is 0. The second-order valence-electron chi connectivity index (χ2n) is 13.1. The topological polar surface area (TPSA) is 157 Å². The summed E-state index contributed by atoms with van der Waals surface area (Å²) in [6.45, 7) is 8.41. The number of imidazole rings is 2. The van der Waals surface area contributed by atoms with E-state index in [9.17, 15) is 14.4 Å². The Balaban J connectivity index is 1.25. The van der Waals surface area contributed by atoms with Crippen molar-refractivity contribution in [3.8, 4) is 34.4 Å². The van der Waals surface area contributed by atoms with Crippen LogP contribution in [-0.4, -0.2) is 82.6 Å². The van der Waals surface area contributed by atoms with Gasteiger partial charge in [-0.25, -0.2) is 14.8 Å². The van der Waals surface area contributed by atoms with Gasteiger partial charge in [-0.05, 0) is 81.6 Å². The van der Waals surface area contributed by atoms with Crippen LogP contribution in [0.1, 0.15) is 75.8 Å². The van der Waals surface area contributed by atoms with Gasteiger partial charge in [-0.15, -0.1) is 0 Å². The molecule has 51 heavy (non-hydrogen) atoms. The van der Waals surface area contributed by atoms with Crippen LogP contribution in [0.25, 0.3) is 22.5 Å². The molecule has 0 aliphatic heterocycles. The van der Waals surface area contributed by atoms with Crippen LogP contribution in [0.2, 0.25) is 0 Å². The Morgan fingerprint density at radius 3 is 1.96 bits per heavy atom. The van der Waals surface area contributed by atoms with Crippen molar-refractivity contribution in [2.24, 2.45) is 5.92 Å². The van der Waals surface area contributed by atoms with Crippen molar-refractivity contribution in [2.45, 2.75) is 71.5 Å². The van der Waals surface area contributed by atoms with Gasteiger partial charge < -0.3 is 30.7 Å². The molecular formula is C39H50N8O4. The molecule has 5 N–H and O–H groups in total. The van der Waals surface area contributed by atoms with Gasteiger partial charge in [-0.1, -0.05) is 56.9 Å². The van der Waals surface area contributed by atoms with Gasteiger partial charge in [0.05, 0.1) is 43.0 Å². The van der Waals surface area contributed by atoms with Crippen molar-refractivity contribution in [3.05, 3.63) is 83.7 Å². The van der Waals surface area contributed by atoms with Gasteiger partial charge in [-0.3, -0.25) is 14.5 Å². The number of unbranched alkanes of at least 4 members (excludes halogenated alkanes) is 1. The number of benzene rings is 2. The third-order valence-electron chi connectivity index (χ3n) is 8.53. The van der Waals surface area contributed by atoms with E-state index in [1.54, 1.807) is 6.20 Å². The van der Waals surface area contributed by atoms with Gasteiger partial charge in [0.15, 0.2) is 0 Å². The molecular weight excluding hydrogens is 644 g/mol. The van der Waals surface area contributed by atoms with E-state index in [4.69, 9.17) is 0 Å². The maximum absolute atomic E-state index is 12.6. The first-order valence-electron chi connectivity index (χ1n) is 17.4. The Hall–Kier alpha value is -5.41. The lowest BCUT2D eigenvalue weighted by Gasteiger charge is -2.26. The van der Waals surface area contributed by atoms with Crippen LogP contribution < -0.4 is 16.0 Å². The Morgan fingerprint density at radius 1 is 0.824 bits per heavy atom. The molecule has 0 aliphatic carbocycles. The summed E-state index contributed by atoms with van der Waals surface area (Å²) in [5.74, 6) is 8.01. The predicted octanol–water partition coefficient (Wildman–Crippen LogP) is 5.20. The summed E-state index contributed by atoms with van der Waals surface area (Å²) in [5.41, 5.74) is 5.52. The zero-order valence-electron chi connectivity index (χ0n) is 30.6. The molecule has 12 nitrogen and oxygen atoms in total. The minimum absolute atomic E-state index is 0.0804. The fourth-order valence-corrected chi connectivity index (χ4v) is 5.75. The number of methoxy groups -OCH3 is 1. The van der Waals surface area contributed by atoms with Crippen molar-refractivity contribution in [2.75, 3.05) is 27.7 Å². The number of aromatic nitrogens is 4. The number of alkyl carbamates (subject to hydrolysis) is 1. The number of carbonyl (C=O) groups is 3. The van der Waals surface area contributed by atoms with Gasteiger partial charge in [0.25, 0.3) is 0 Å². The summed E-state index contributed by atoms with van der Waals surface area (Å²) in [5, 5.41) is 8.48. The molecule has 4 rings (SSSR count). The molecule has 3 atom stereocenters. The summed E-state index contributed by atoms with van der Waals surface area (Å²) in [4.78, 5) is 54.3. The predicted molar refractivity (Wildman–Crippen MR) is 198 cm³/mol. The van der Waals surface area contributed by atoms with E-state index in [0.29, 0.717) is 18.8 Å². The maximum atomic E-state index is 12.6. The van der Waals surface area contributed by atoms with Gasteiger partial charge in [0.1, 0.15) is 17.7 Å². The highest BCUT2D eigenvalue weighted by molar-refractivity contribution is 5.85. The first kappa shape index (κ1) is 38.4. The molecule has 0 saturated carbocycles.